The van der Waals surface area contributed by atoms with Crippen LogP contribution >= 0.6 is 23.2 Å². The number of fused-ring (bicyclic) bond motifs is 1. The van der Waals surface area contributed by atoms with Gasteiger partial charge in [0.2, 0.25) is 18.6 Å². The number of carbonyl (C=O) groups is 2. The first-order chi connectivity index (χ1) is 12.4. The van der Waals surface area contributed by atoms with Crippen molar-refractivity contribution in [2.45, 2.75) is 13.3 Å². The molecule has 3 rings (SSSR count). The van der Waals surface area contributed by atoms with Crippen LogP contribution in [-0.2, 0) is 9.59 Å². The van der Waals surface area contributed by atoms with E-state index in [0.717, 1.165) is 0 Å². The third-order valence-corrected chi connectivity index (χ3v) is 4.19. The summed E-state index contributed by atoms with van der Waals surface area (Å²) in [5.74, 6) is 0.785. The fourth-order valence-corrected chi connectivity index (χ4v) is 3.09. The lowest BCUT2D eigenvalue weighted by Gasteiger charge is -2.21. The van der Waals surface area contributed by atoms with Crippen molar-refractivity contribution in [3.63, 3.8) is 0 Å². The first-order valence-electron chi connectivity index (χ1n) is 7.86. The predicted octanol–water partition coefficient (Wildman–Crippen LogP) is 4.10. The minimum Gasteiger partial charge on any atom is -0.454 e. The molecule has 0 aliphatic carbocycles. The van der Waals surface area contributed by atoms with Crippen molar-refractivity contribution in [3.8, 4) is 11.5 Å². The zero-order valence-corrected chi connectivity index (χ0v) is 15.4. The second kappa shape index (κ2) is 7.85. The van der Waals surface area contributed by atoms with Crippen molar-refractivity contribution in [3.05, 3.63) is 46.4 Å². The van der Waals surface area contributed by atoms with E-state index in [1.165, 1.54) is 11.8 Å². The van der Waals surface area contributed by atoms with E-state index in [9.17, 15) is 9.59 Å². The van der Waals surface area contributed by atoms with Crippen LogP contribution in [0.1, 0.15) is 13.3 Å². The Hall–Kier alpha value is -2.44. The molecule has 1 aliphatic rings. The lowest BCUT2D eigenvalue weighted by Crippen LogP contribution is -2.32. The average Bonchev–Trinajstić information content (AvgIpc) is 3.01. The Morgan fingerprint density at radius 1 is 1.08 bits per heavy atom. The molecule has 0 radical (unpaired) electrons. The summed E-state index contributed by atoms with van der Waals surface area (Å²) in [7, 11) is 0. The summed E-state index contributed by atoms with van der Waals surface area (Å²) < 4.78 is 10.5. The molecule has 1 heterocycles. The van der Waals surface area contributed by atoms with Crippen LogP contribution in [0, 0.1) is 0 Å². The first-order valence-corrected chi connectivity index (χ1v) is 8.61. The van der Waals surface area contributed by atoms with Crippen LogP contribution in [0.25, 0.3) is 0 Å². The van der Waals surface area contributed by atoms with Crippen molar-refractivity contribution >= 4 is 46.4 Å². The van der Waals surface area contributed by atoms with Gasteiger partial charge < -0.3 is 19.7 Å². The molecule has 0 saturated carbocycles. The Balaban J connectivity index is 1.63. The molecular weight excluding hydrogens is 379 g/mol. The Bertz CT molecular complexity index is 837. The van der Waals surface area contributed by atoms with Crippen molar-refractivity contribution in [1.29, 1.82) is 0 Å². The third kappa shape index (κ3) is 4.39. The summed E-state index contributed by atoms with van der Waals surface area (Å²) in [5, 5.41) is 3.62. The second-order valence-electron chi connectivity index (χ2n) is 5.66. The highest BCUT2D eigenvalue weighted by molar-refractivity contribution is 6.35. The lowest BCUT2D eigenvalue weighted by molar-refractivity contribution is -0.117. The highest BCUT2D eigenvalue weighted by Gasteiger charge is 2.17. The normalized spacial score (nSPS) is 12.0. The van der Waals surface area contributed by atoms with E-state index >= 15 is 0 Å². The lowest BCUT2D eigenvalue weighted by atomic mass is 10.2. The summed E-state index contributed by atoms with van der Waals surface area (Å²) >= 11 is 12.0. The summed E-state index contributed by atoms with van der Waals surface area (Å²) in [4.78, 5) is 25.6. The molecule has 136 valence electrons. The van der Waals surface area contributed by atoms with Crippen molar-refractivity contribution < 1.29 is 19.1 Å². The second-order valence-corrected chi connectivity index (χ2v) is 6.54. The number of anilines is 2. The molecule has 2 aromatic carbocycles. The van der Waals surface area contributed by atoms with Crippen LogP contribution in [-0.4, -0.2) is 25.2 Å². The molecule has 0 saturated heterocycles. The van der Waals surface area contributed by atoms with Gasteiger partial charge in [-0.1, -0.05) is 23.2 Å². The maximum atomic E-state index is 12.2. The zero-order valence-electron chi connectivity index (χ0n) is 13.9. The molecule has 2 aromatic rings. The smallest absolute Gasteiger partial charge is 0.231 e. The summed E-state index contributed by atoms with van der Waals surface area (Å²) in [6, 6.07) is 9.99. The maximum absolute atomic E-state index is 12.2. The van der Waals surface area contributed by atoms with Crippen molar-refractivity contribution in [2.24, 2.45) is 0 Å². The number of carbonyl (C=O) groups excluding carboxylic acids is 2. The number of rotatable bonds is 5. The first kappa shape index (κ1) is 18.4. The van der Waals surface area contributed by atoms with Gasteiger partial charge in [-0.2, -0.15) is 0 Å². The van der Waals surface area contributed by atoms with E-state index in [4.69, 9.17) is 32.7 Å². The van der Waals surface area contributed by atoms with Gasteiger partial charge in [-0.3, -0.25) is 9.59 Å². The third-order valence-electron chi connectivity index (χ3n) is 3.76. The van der Waals surface area contributed by atoms with E-state index in [0.29, 0.717) is 32.9 Å². The quantitative estimate of drug-likeness (QED) is 0.828. The van der Waals surface area contributed by atoms with Crippen molar-refractivity contribution in [1.82, 2.24) is 0 Å². The summed E-state index contributed by atoms with van der Waals surface area (Å²) in [6.07, 6.45) is 0.109. The monoisotopic (exact) mass is 394 g/mol. The fourth-order valence-electron chi connectivity index (χ4n) is 2.57. The van der Waals surface area contributed by atoms with Gasteiger partial charge in [0, 0.05) is 47.4 Å². The highest BCUT2D eigenvalue weighted by Crippen LogP contribution is 2.34. The minimum atomic E-state index is -0.233. The number of benzene rings is 2. The van der Waals surface area contributed by atoms with Gasteiger partial charge in [-0.15, -0.1) is 0 Å². The minimum absolute atomic E-state index is 0.109. The van der Waals surface area contributed by atoms with Crippen LogP contribution in [0.15, 0.2) is 36.4 Å². The Morgan fingerprint density at radius 3 is 2.46 bits per heavy atom. The Labute approximate surface area is 160 Å². The van der Waals surface area contributed by atoms with Gasteiger partial charge in [0.1, 0.15) is 0 Å². The van der Waals surface area contributed by atoms with Crippen molar-refractivity contribution in [2.75, 3.05) is 23.6 Å². The number of amides is 2. The number of hydrogen-bond donors (Lipinski definition) is 1. The Morgan fingerprint density at radius 2 is 1.77 bits per heavy atom. The fraction of sp³-hybridized carbons (Fsp3) is 0.222. The number of halogens is 2. The van der Waals surface area contributed by atoms with E-state index < -0.39 is 0 Å². The number of nitrogens with zero attached hydrogens (tertiary/aromatic N) is 1. The van der Waals surface area contributed by atoms with Crippen LogP contribution in [0.4, 0.5) is 11.4 Å². The summed E-state index contributed by atoms with van der Waals surface area (Å²) in [5.41, 5.74) is 1.14. The highest BCUT2D eigenvalue weighted by atomic mass is 35.5. The molecule has 0 bridgehead atoms. The van der Waals surface area contributed by atoms with Crippen LogP contribution in [0.5, 0.6) is 11.5 Å². The molecule has 26 heavy (non-hydrogen) atoms. The average molecular weight is 395 g/mol. The van der Waals surface area contributed by atoms with Crippen LogP contribution < -0.4 is 19.7 Å². The van der Waals surface area contributed by atoms with E-state index in [1.807, 2.05) is 0 Å². The molecule has 1 N–H and O–H groups in total. The topological polar surface area (TPSA) is 67.9 Å². The zero-order chi connectivity index (χ0) is 18.7. The number of nitrogens with one attached hydrogen (secondary N) is 1. The standard InChI is InChI=1S/C18H16Cl2N2O4/c1-11(23)22(15-7-12(19)6-13(20)8-15)5-4-18(24)21-14-2-3-16-17(9-14)26-10-25-16/h2-3,6-9H,4-5,10H2,1H3,(H,21,24). The molecule has 0 aromatic heterocycles. The largest absolute Gasteiger partial charge is 0.454 e. The Kier molecular flexibility index (Phi) is 5.54. The predicted molar refractivity (Wildman–Crippen MR) is 100 cm³/mol. The molecule has 1 aliphatic heterocycles. The molecule has 0 fully saturated rings. The maximum Gasteiger partial charge on any atom is 0.231 e. The SMILES string of the molecule is CC(=O)N(CCC(=O)Nc1ccc2c(c1)OCO2)c1cc(Cl)cc(Cl)c1. The number of hydrogen-bond acceptors (Lipinski definition) is 4. The van der Waals surface area contributed by atoms with Gasteiger partial charge in [0.05, 0.1) is 0 Å². The molecule has 0 spiro atoms. The molecule has 0 atom stereocenters. The van der Waals surface area contributed by atoms with E-state index in [-0.39, 0.29) is 31.6 Å². The summed E-state index contributed by atoms with van der Waals surface area (Å²) in [6.45, 7) is 1.79. The molecule has 0 unspecified atom stereocenters. The molecule has 8 heteroatoms. The van der Waals surface area contributed by atoms with Gasteiger partial charge >= 0.3 is 0 Å². The van der Waals surface area contributed by atoms with Gasteiger partial charge in [0.25, 0.3) is 0 Å². The van der Waals surface area contributed by atoms with E-state index in [2.05, 4.69) is 5.32 Å². The van der Waals surface area contributed by atoms with Gasteiger partial charge in [-0.05, 0) is 30.3 Å². The van der Waals surface area contributed by atoms with Gasteiger partial charge in [0.15, 0.2) is 11.5 Å². The molecule has 6 nitrogen and oxygen atoms in total. The number of ether oxygens (including phenoxy) is 2. The van der Waals surface area contributed by atoms with Crippen LogP contribution in [0.3, 0.4) is 0 Å². The van der Waals surface area contributed by atoms with E-state index in [1.54, 1.807) is 36.4 Å². The van der Waals surface area contributed by atoms with Crippen LogP contribution in [0.2, 0.25) is 10.0 Å². The molecular formula is C18H16Cl2N2O4. The molecule has 2 amide bonds. The van der Waals surface area contributed by atoms with Gasteiger partial charge in [-0.25, -0.2) is 0 Å².